The molecule has 8 heteroatoms. The largest absolute Gasteiger partial charge is 0.388 e. The van der Waals surface area contributed by atoms with Gasteiger partial charge in [-0.3, -0.25) is 10.1 Å². The molecule has 1 aromatic carbocycles. The van der Waals surface area contributed by atoms with E-state index in [0.29, 0.717) is 12.1 Å². The summed E-state index contributed by atoms with van der Waals surface area (Å²) in [4.78, 5) is 10.2. The van der Waals surface area contributed by atoms with Crippen LogP contribution in [0, 0.1) is 10.1 Å². The van der Waals surface area contributed by atoms with Crippen LogP contribution in [0.15, 0.2) is 23.1 Å². The van der Waals surface area contributed by atoms with Crippen LogP contribution in [-0.2, 0) is 10.0 Å². The molecule has 0 amide bonds. The van der Waals surface area contributed by atoms with Gasteiger partial charge in [-0.05, 0) is 25.5 Å². The van der Waals surface area contributed by atoms with E-state index in [-0.39, 0.29) is 17.5 Å². The molecule has 0 spiro atoms. The molecule has 0 radical (unpaired) electrons. The summed E-state index contributed by atoms with van der Waals surface area (Å²) in [6.07, 6.45) is 0.632. The van der Waals surface area contributed by atoms with Crippen molar-refractivity contribution in [2.24, 2.45) is 0 Å². The Balaban J connectivity index is 3.51. The van der Waals surface area contributed by atoms with Crippen molar-refractivity contribution in [1.29, 1.82) is 0 Å². The third-order valence-electron chi connectivity index (χ3n) is 3.43. The highest BCUT2D eigenvalue weighted by atomic mass is 32.2. The van der Waals surface area contributed by atoms with Gasteiger partial charge in [0.1, 0.15) is 0 Å². The van der Waals surface area contributed by atoms with Crippen molar-refractivity contribution in [3.05, 3.63) is 28.3 Å². The van der Waals surface area contributed by atoms with E-state index in [2.05, 4.69) is 5.32 Å². The molecule has 1 N–H and O–H groups in total. The van der Waals surface area contributed by atoms with Gasteiger partial charge in [0.15, 0.2) is 4.90 Å². The van der Waals surface area contributed by atoms with Crippen molar-refractivity contribution >= 4 is 21.4 Å². The Bertz CT molecular complexity index is 616. The van der Waals surface area contributed by atoms with Gasteiger partial charge in [0.25, 0.3) is 5.69 Å². The second-order valence-corrected chi connectivity index (χ2v) is 6.51. The summed E-state index contributed by atoms with van der Waals surface area (Å²) < 4.78 is 26.8. The molecular weight excluding hydrogens is 294 g/mol. The monoisotopic (exact) mass is 315 g/mol. The number of rotatable bonds is 7. The van der Waals surface area contributed by atoms with Crippen molar-refractivity contribution in [1.82, 2.24) is 4.31 Å². The zero-order chi connectivity index (χ0) is 16.2. The molecule has 0 fully saturated rings. The number of nitro groups is 1. The zero-order valence-electron chi connectivity index (χ0n) is 12.7. The number of hydrogen-bond acceptors (Lipinski definition) is 5. The minimum atomic E-state index is -3.92. The molecule has 1 aromatic rings. The van der Waals surface area contributed by atoms with Gasteiger partial charge < -0.3 is 5.32 Å². The Hall–Kier alpha value is -1.67. The van der Waals surface area contributed by atoms with Crippen LogP contribution in [0.1, 0.15) is 27.2 Å². The van der Waals surface area contributed by atoms with E-state index >= 15 is 0 Å². The summed E-state index contributed by atoms with van der Waals surface area (Å²) in [6.45, 7) is 5.64. The Morgan fingerprint density at radius 1 is 1.38 bits per heavy atom. The van der Waals surface area contributed by atoms with Gasteiger partial charge in [0.2, 0.25) is 10.0 Å². The fourth-order valence-corrected chi connectivity index (χ4v) is 3.97. The van der Waals surface area contributed by atoms with E-state index in [0.717, 1.165) is 0 Å². The van der Waals surface area contributed by atoms with Crippen molar-refractivity contribution in [2.75, 3.05) is 18.9 Å². The summed E-state index contributed by atoms with van der Waals surface area (Å²) in [5, 5.41) is 13.9. The predicted octanol–water partition coefficient (Wildman–Crippen LogP) is 2.45. The minimum absolute atomic E-state index is 0.224. The highest BCUT2D eigenvalue weighted by molar-refractivity contribution is 7.89. The van der Waals surface area contributed by atoms with Gasteiger partial charge in [0.05, 0.1) is 4.92 Å². The smallest absolute Gasteiger partial charge is 0.289 e. The molecule has 1 atom stereocenters. The fourth-order valence-electron chi connectivity index (χ4n) is 2.08. The van der Waals surface area contributed by atoms with E-state index in [9.17, 15) is 18.5 Å². The van der Waals surface area contributed by atoms with Crippen LogP contribution >= 0.6 is 0 Å². The van der Waals surface area contributed by atoms with Crippen LogP contribution in [0.25, 0.3) is 0 Å². The van der Waals surface area contributed by atoms with Gasteiger partial charge in [0, 0.05) is 31.4 Å². The van der Waals surface area contributed by atoms with Gasteiger partial charge >= 0.3 is 0 Å². The van der Waals surface area contributed by atoms with Gasteiger partial charge in [-0.15, -0.1) is 0 Å². The SMILES string of the molecule is CCC(C)N(CC)S(=O)(=O)c1cc(NC)ccc1[N+](=O)[O-]. The third-order valence-corrected chi connectivity index (χ3v) is 5.54. The molecule has 0 aromatic heterocycles. The Morgan fingerprint density at radius 2 is 2.00 bits per heavy atom. The number of anilines is 1. The van der Waals surface area contributed by atoms with Crippen molar-refractivity contribution < 1.29 is 13.3 Å². The molecular formula is C13H21N3O4S. The molecule has 21 heavy (non-hydrogen) atoms. The topological polar surface area (TPSA) is 92.6 Å². The Morgan fingerprint density at radius 3 is 2.43 bits per heavy atom. The highest BCUT2D eigenvalue weighted by Gasteiger charge is 2.33. The summed E-state index contributed by atoms with van der Waals surface area (Å²) in [5.41, 5.74) is 0.107. The molecule has 0 aliphatic heterocycles. The van der Waals surface area contributed by atoms with Crippen LogP contribution in [-0.4, -0.2) is 37.3 Å². The lowest BCUT2D eigenvalue weighted by Gasteiger charge is -2.26. The summed E-state index contributed by atoms with van der Waals surface area (Å²) in [7, 11) is -2.29. The lowest BCUT2D eigenvalue weighted by atomic mass is 10.3. The molecule has 0 aliphatic rings. The van der Waals surface area contributed by atoms with Crippen molar-refractivity contribution in [3.8, 4) is 0 Å². The molecule has 0 saturated heterocycles. The maximum absolute atomic E-state index is 12.8. The van der Waals surface area contributed by atoms with E-state index in [1.165, 1.54) is 22.5 Å². The van der Waals surface area contributed by atoms with E-state index < -0.39 is 20.6 Å². The first-order valence-corrected chi connectivity index (χ1v) is 8.21. The van der Waals surface area contributed by atoms with Crippen molar-refractivity contribution in [3.63, 3.8) is 0 Å². The molecule has 0 aliphatic carbocycles. The van der Waals surface area contributed by atoms with Crippen LogP contribution in [0.3, 0.4) is 0 Å². The van der Waals surface area contributed by atoms with Crippen LogP contribution in [0.4, 0.5) is 11.4 Å². The minimum Gasteiger partial charge on any atom is -0.388 e. The molecule has 1 unspecified atom stereocenters. The maximum Gasteiger partial charge on any atom is 0.289 e. The van der Waals surface area contributed by atoms with Crippen LogP contribution in [0.5, 0.6) is 0 Å². The standard InChI is InChI=1S/C13H21N3O4S/c1-5-10(3)15(6-2)21(19,20)13-9-11(14-4)7-8-12(13)16(17)18/h7-10,14H,5-6H2,1-4H3. The quantitative estimate of drug-likeness (QED) is 0.616. The number of nitro benzene ring substituents is 1. The fraction of sp³-hybridized carbons (Fsp3) is 0.538. The van der Waals surface area contributed by atoms with Crippen LogP contribution < -0.4 is 5.32 Å². The summed E-state index contributed by atoms with van der Waals surface area (Å²) in [6, 6.07) is 3.77. The zero-order valence-corrected chi connectivity index (χ0v) is 13.5. The van der Waals surface area contributed by atoms with E-state index in [1.54, 1.807) is 20.9 Å². The Kier molecular flexibility index (Phi) is 5.68. The summed E-state index contributed by atoms with van der Waals surface area (Å²) in [5.74, 6) is 0. The molecule has 118 valence electrons. The average molecular weight is 315 g/mol. The average Bonchev–Trinajstić information content (AvgIpc) is 2.46. The van der Waals surface area contributed by atoms with Crippen LogP contribution in [0.2, 0.25) is 0 Å². The van der Waals surface area contributed by atoms with Gasteiger partial charge in [-0.25, -0.2) is 8.42 Å². The predicted molar refractivity (Wildman–Crippen MR) is 82.0 cm³/mol. The summed E-state index contributed by atoms with van der Waals surface area (Å²) >= 11 is 0. The van der Waals surface area contributed by atoms with E-state index in [4.69, 9.17) is 0 Å². The molecule has 0 saturated carbocycles. The van der Waals surface area contributed by atoms with E-state index in [1.807, 2.05) is 6.92 Å². The second kappa shape index (κ2) is 6.86. The number of sulfonamides is 1. The van der Waals surface area contributed by atoms with Gasteiger partial charge in [-0.2, -0.15) is 4.31 Å². The first-order valence-electron chi connectivity index (χ1n) is 6.77. The molecule has 0 heterocycles. The second-order valence-electron chi connectivity index (χ2n) is 4.66. The van der Waals surface area contributed by atoms with Crippen molar-refractivity contribution in [2.45, 2.75) is 38.1 Å². The first-order chi connectivity index (χ1) is 9.79. The normalized spacial score (nSPS) is 13.2. The molecule has 0 bridgehead atoms. The first kappa shape index (κ1) is 17.4. The highest BCUT2D eigenvalue weighted by Crippen LogP contribution is 2.30. The third kappa shape index (κ3) is 3.51. The molecule has 7 nitrogen and oxygen atoms in total. The maximum atomic E-state index is 12.8. The number of nitrogens with zero attached hydrogens (tertiary/aromatic N) is 2. The number of nitrogens with one attached hydrogen (secondary N) is 1. The number of hydrogen-bond donors (Lipinski definition) is 1. The molecule has 1 rings (SSSR count). The number of benzene rings is 1. The lowest BCUT2D eigenvalue weighted by molar-refractivity contribution is -0.387. The Labute approximate surface area is 125 Å². The lowest BCUT2D eigenvalue weighted by Crippen LogP contribution is -2.38. The van der Waals surface area contributed by atoms with Gasteiger partial charge in [-0.1, -0.05) is 13.8 Å².